The van der Waals surface area contributed by atoms with Crippen molar-refractivity contribution in [2.45, 2.75) is 38.1 Å². The van der Waals surface area contributed by atoms with Crippen LogP contribution in [-0.4, -0.2) is 33.0 Å². The number of aliphatic hydroxyl groups is 3. The monoisotopic (exact) mass is 162 g/mol. The van der Waals surface area contributed by atoms with Crippen molar-refractivity contribution < 1.29 is 20.1 Å². The van der Waals surface area contributed by atoms with Crippen molar-refractivity contribution in [1.29, 1.82) is 0 Å². The summed E-state index contributed by atoms with van der Waals surface area (Å²) in [6.45, 7) is 2.99. The highest BCUT2D eigenvalue weighted by atomic mass is 16.5. The van der Waals surface area contributed by atoms with Gasteiger partial charge in [-0.3, -0.25) is 4.79 Å². The van der Waals surface area contributed by atoms with Crippen LogP contribution in [0.15, 0.2) is 0 Å². The minimum atomic E-state index is -2.64. The molecule has 0 aliphatic heterocycles. The Morgan fingerprint density at radius 3 is 2.09 bits per heavy atom. The molecule has 0 saturated carbocycles. The molecule has 1 atom stereocenters. The largest absolute Gasteiger partial charge is 0.384 e. The Morgan fingerprint density at radius 1 is 1.36 bits per heavy atom. The minimum Gasteiger partial charge on any atom is -0.384 e. The first-order valence-electron chi connectivity index (χ1n) is 3.51. The van der Waals surface area contributed by atoms with Crippen molar-refractivity contribution >= 4 is 6.29 Å². The zero-order valence-electron chi connectivity index (χ0n) is 6.74. The fraction of sp³-hybridized carbons (Fsp3) is 0.857. The van der Waals surface area contributed by atoms with Gasteiger partial charge >= 0.3 is 0 Å². The lowest BCUT2D eigenvalue weighted by Gasteiger charge is -2.31. The first-order chi connectivity index (χ1) is 4.87. The molecule has 11 heavy (non-hydrogen) atoms. The molecule has 0 spiro atoms. The average Bonchev–Trinajstić information content (AvgIpc) is 1.87. The summed E-state index contributed by atoms with van der Waals surface area (Å²) >= 11 is 0. The predicted molar refractivity (Wildman–Crippen MR) is 38.8 cm³/mol. The maximum atomic E-state index is 10.1. The second-order valence-electron chi connectivity index (χ2n) is 2.87. The van der Waals surface area contributed by atoms with Crippen LogP contribution < -0.4 is 0 Å². The molecule has 0 saturated heterocycles. The van der Waals surface area contributed by atoms with Crippen molar-refractivity contribution in [3.8, 4) is 0 Å². The Labute approximate surface area is 65.5 Å². The third kappa shape index (κ3) is 2.25. The molecule has 4 heteroatoms. The third-order valence-corrected chi connectivity index (χ3v) is 1.69. The van der Waals surface area contributed by atoms with Crippen molar-refractivity contribution in [3.63, 3.8) is 0 Å². The molecule has 0 aromatic carbocycles. The van der Waals surface area contributed by atoms with E-state index in [2.05, 4.69) is 0 Å². The lowest BCUT2D eigenvalue weighted by Crippen LogP contribution is -2.53. The van der Waals surface area contributed by atoms with Gasteiger partial charge in [0, 0.05) is 0 Å². The smallest absolute Gasteiger partial charge is 0.250 e. The lowest BCUT2D eigenvalue weighted by molar-refractivity contribution is -0.246. The summed E-state index contributed by atoms with van der Waals surface area (Å²) in [4.78, 5) is 10.1. The summed E-state index contributed by atoms with van der Waals surface area (Å²) in [5.41, 5.74) is -1.76. The molecule has 0 amide bonds. The number of carbonyl (C=O) groups is 1. The quantitative estimate of drug-likeness (QED) is 0.381. The van der Waals surface area contributed by atoms with E-state index in [0.717, 1.165) is 0 Å². The molecule has 0 fully saturated rings. The van der Waals surface area contributed by atoms with E-state index in [4.69, 9.17) is 10.2 Å². The molecule has 0 radical (unpaired) electrons. The Bertz CT molecular complexity index is 139. The molecule has 3 N–H and O–H groups in total. The summed E-state index contributed by atoms with van der Waals surface area (Å²) < 4.78 is 0. The van der Waals surface area contributed by atoms with Gasteiger partial charge in [-0.15, -0.1) is 0 Å². The molecule has 66 valence electrons. The number of rotatable bonds is 4. The van der Waals surface area contributed by atoms with Crippen molar-refractivity contribution in [1.82, 2.24) is 0 Å². The van der Waals surface area contributed by atoms with Gasteiger partial charge in [0.2, 0.25) is 5.79 Å². The van der Waals surface area contributed by atoms with Gasteiger partial charge in [0.05, 0.1) is 0 Å². The lowest BCUT2D eigenvalue weighted by atomic mass is 9.91. The zero-order valence-corrected chi connectivity index (χ0v) is 6.74. The first kappa shape index (κ1) is 10.6. The molecule has 0 aliphatic rings. The van der Waals surface area contributed by atoms with E-state index in [9.17, 15) is 9.90 Å². The highest BCUT2D eigenvalue weighted by Crippen LogP contribution is 2.22. The van der Waals surface area contributed by atoms with E-state index in [1.807, 2.05) is 0 Å². The Kier molecular flexibility index (Phi) is 3.16. The summed E-state index contributed by atoms with van der Waals surface area (Å²) in [6.07, 6.45) is 0.672. The normalized spacial score (nSPS) is 17.5. The number of hydrogen-bond acceptors (Lipinski definition) is 4. The summed E-state index contributed by atoms with van der Waals surface area (Å²) in [5.74, 6) is -2.64. The number of aldehydes is 1. The maximum absolute atomic E-state index is 10.1. The highest BCUT2D eigenvalue weighted by molar-refractivity contribution is 5.61. The van der Waals surface area contributed by atoms with Crippen LogP contribution in [0, 0.1) is 0 Å². The van der Waals surface area contributed by atoms with Gasteiger partial charge in [-0.25, -0.2) is 0 Å². The fourth-order valence-electron chi connectivity index (χ4n) is 0.798. The van der Waals surface area contributed by atoms with Crippen LogP contribution in [0.5, 0.6) is 0 Å². The predicted octanol–water partition coefficient (Wildman–Crippen LogP) is -0.583. The van der Waals surface area contributed by atoms with E-state index in [0.29, 0.717) is 6.42 Å². The molecule has 1 unspecified atom stereocenters. The molecular formula is C7H14O4. The van der Waals surface area contributed by atoms with Crippen LogP contribution in [-0.2, 0) is 4.79 Å². The van der Waals surface area contributed by atoms with Crippen LogP contribution in [0.4, 0.5) is 0 Å². The van der Waals surface area contributed by atoms with E-state index in [1.54, 1.807) is 6.92 Å². The molecule has 4 nitrogen and oxygen atoms in total. The average molecular weight is 162 g/mol. The van der Waals surface area contributed by atoms with Crippen molar-refractivity contribution in [2.75, 3.05) is 0 Å². The second kappa shape index (κ2) is 3.30. The second-order valence-corrected chi connectivity index (χ2v) is 2.87. The Hall–Kier alpha value is -0.450. The van der Waals surface area contributed by atoms with Gasteiger partial charge in [0.1, 0.15) is 5.60 Å². The fourth-order valence-corrected chi connectivity index (χ4v) is 0.798. The SMILES string of the molecule is CCCC(C)(O)C(O)(O)C=O. The Morgan fingerprint density at radius 2 is 1.82 bits per heavy atom. The molecule has 0 heterocycles. The molecule has 0 rings (SSSR count). The standard InChI is InChI=1S/C7H14O4/c1-3-4-6(2,9)7(10,11)5-8/h5,9-11H,3-4H2,1-2H3. The van der Waals surface area contributed by atoms with Gasteiger partial charge in [0.25, 0.3) is 0 Å². The zero-order chi connectivity index (χ0) is 9.12. The number of hydrogen-bond donors (Lipinski definition) is 3. The summed E-state index contributed by atoms with van der Waals surface area (Å²) in [7, 11) is 0. The van der Waals surface area contributed by atoms with Crippen LogP contribution in [0.2, 0.25) is 0 Å². The van der Waals surface area contributed by atoms with Gasteiger partial charge in [-0.2, -0.15) is 0 Å². The van der Waals surface area contributed by atoms with Crippen LogP contribution in [0.3, 0.4) is 0 Å². The number of carbonyl (C=O) groups excluding carboxylic acids is 1. The molecule has 0 aliphatic carbocycles. The third-order valence-electron chi connectivity index (χ3n) is 1.69. The molecule has 0 aromatic heterocycles. The van der Waals surface area contributed by atoms with Gasteiger partial charge in [-0.1, -0.05) is 13.3 Å². The summed E-state index contributed by atoms with van der Waals surface area (Å²) in [5, 5.41) is 27.2. The van der Waals surface area contributed by atoms with E-state index >= 15 is 0 Å². The van der Waals surface area contributed by atoms with E-state index < -0.39 is 11.4 Å². The van der Waals surface area contributed by atoms with Gasteiger partial charge in [0.15, 0.2) is 6.29 Å². The topological polar surface area (TPSA) is 77.8 Å². The van der Waals surface area contributed by atoms with Crippen molar-refractivity contribution in [2.24, 2.45) is 0 Å². The first-order valence-corrected chi connectivity index (χ1v) is 3.51. The van der Waals surface area contributed by atoms with E-state index in [1.165, 1.54) is 6.92 Å². The van der Waals surface area contributed by atoms with Crippen LogP contribution in [0.25, 0.3) is 0 Å². The molecular weight excluding hydrogens is 148 g/mol. The molecule has 0 aromatic rings. The Balaban J connectivity index is 4.38. The van der Waals surface area contributed by atoms with Crippen LogP contribution in [0.1, 0.15) is 26.7 Å². The van der Waals surface area contributed by atoms with Gasteiger partial charge < -0.3 is 15.3 Å². The summed E-state index contributed by atoms with van der Waals surface area (Å²) in [6, 6.07) is 0. The molecule has 0 bridgehead atoms. The minimum absolute atomic E-state index is 0.0668. The van der Waals surface area contributed by atoms with E-state index in [-0.39, 0.29) is 12.7 Å². The maximum Gasteiger partial charge on any atom is 0.250 e. The highest BCUT2D eigenvalue weighted by Gasteiger charge is 2.43. The van der Waals surface area contributed by atoms with Crippen molar-refractivity contribution in [3.05, 3.63) is 0 Å². The van der Waals surface area contributed by atoms with Crippen LogP contribution >= 0.6 is 0 Å². The van der Waals surface area contributed by atoms with Gasteiger partial charge in [-0.05, 0) is 13.3 Å².